The Labute approximate surface area is 138 Å². The lowest BCUT2D eigenvalue weighted by Crippen LogP contribution is -2.12. The Bertz CT molecular complexity index is 572. The number of hydrogen-bond acceptors (Lipinski definition) is 3. The average Bonchev–Trinajstić information content (AvgIpc) is 3.18. The van der Waals surface area contributed by atoms with Crippen LogP contribution < -0.4 is 0 Å². The fourth-order valence-corrected chi connectivity index (χ4v) is 3.78. The largest absolute Gasteiger partial charge is 0.466 e. The number of ether oxygens (including phenoxy) is 1. The molecule has 0 unspecified atom stereocenters. The number of carbonyl (C=O) groups excluding carboxylic acids is 2. The molecule has 2 aliphatic carbocycles. The van der Waals surface area contributed by atoms with Crippen LogP contribution in [0.3, 0.4) is 0 Å². The number of hydrogen-bond donors (Lipinski definition) is 0. The molecule has 3 rings (SSSR count). The summed E-state index contributed by atoms with van der Waals surface area (Å²) in [7, 11) is 0. The average molecular weight is 314 g/mol. The summed E-state index contributed by atoms with van der Waals surface area (Å²) in [5.41, 5.74) is 2.68. The highest BCUT2D eigenvalue weighted by molar-refractivity contribution is 5.91. The fraction of sp³-hybridized carbons (Fsp3) is 0.600. The van der Waals surface area contributed by atoms with Gasteiger partial charge in [0.25, 0.3) is 0 Å². The molecule has 1 aromatic carbocycles. The topological polar surface area (TPSA) is 43.4 Å². The van der Waals surface area contributed by atoms with Crippen LogP contribution in [-0.4, -0.2) is 18.4 Å². The van der Waals surface area contributed by atoms with Crippen LogP contribution in [0.5, 0.6) is 0 Å². The van der Waals surface area contributed by atoms with Crippen molar-refractivity contribution in [2.45, 2.75) is 57.8 Å². The highest BCUT2D eigenvalue weighted by Gasteiger charge is 2.48. The normalized spacial score (nSPS) is 23.7. The first kappa shape index (κ1) is 16.2. The monoisotopic (exact) mass is 314 g/mol. The summed E-state index contributed by atoms with van der Waals surface area (Å²) in [4.78, 5) is 23.8. The Kier molecular flexibility index (Phi) is 5.14. The van der Waals surface area contributed by atoms with E-state index in [2.05, 4.69) is 24.3 Å². The van der Waals surface area contributed by atoms with Crippen LogP contribution >= 0.6 is 0 Å². The summed E-state index contributed by atoms with van der Waals surface area (Å²) < 4.78 is 4.99. The molecule has 2 atom stereocenters. The standard InChI is InChI=1S/C20H26O3/c1-2-23-20(22)18-13-17(18)19(21)11-10-14-6-5-9-16(12-14)15-7-3-4-8-15/h5-6,9,12,15,17-18H,2-4,7-8,10-11,13H2,1H3/t17-,18-/m0/s1. The molecule has 3 heteroatoms. The molecule has 3 nitrogen and oxygen atoms in total. The molecule has 23 heavy (non-hydrogen) atoms. The van der Waals surface area contributed by atoms with Gasteiger partial charge >= 0.3 is 5.97 Å². The molecular formula is C20H26O3. The van der Waals surface area contributed by atoms with E-state index in [0.717, 1.165) is 6.42 Å². The van der Waals surface area contributed by atoms with Crippen molar-refractivity contribution in [2.75, 3.05) is 6.61 Å². The van der Waals surface area contributed by atoms with Crippen molar-refractivity contribution >= 4 is 11.8 Å². The molecule has 0 aliphatic heterocycles. The predicted molar refractivity (Wildman–Crippen MR) is 89.2 cm³/mol. The van der Waals surface area contributed by atoms with Crippen molar-refractivity contribution in [3.8, 4) is 0 Å². The van der Waals surface area contributed by atoms with E-state index in [0.29, 0.717) is 25.4 Å². The fourth-order valence-electron chi connectivity index (χ4n) is 3.78. The molecule has 0 bridgehead atoms. The maximum atomic E-state index is 12.2. The van der Waals surface area contributed by atoms with Crippen LogP contribution in [0.1, 0.15) is 62.5 Å². The second-order valence-corrected chi connectivity index (χ2v) is 6.89. The van der Waals surface area contributed by atoms with Crippen molar-refractivity contribution in [2.24, 2.45) is 11.8 Å². The highest BCUT2D eigenvalue weighted by atomic mass is 16.5. The van der Waals surface area contributed by atoms with Gasteiger partial charge in [0.15, 0.2) is 0 Å². The van der Waals surface area contributed by atoms with E-state index < -0.39 is 0 Å². The quantitative estimate of drug-likeness (QED) is 0.713. The first-order chi connectivity index (χ1) is 11.2. The van der Waals surface area contributed by atoms with Crippen molar-refractivity contribution in [3.63, 3.8) is 0 Å². The van der Waals surface area contributed by atoms with Gasteiger partial charge in [-0.25, -0.2) is 0 Å². The summed E-state index contributed by atoms with van der Waals surface area (Å²) >= 11 is 0. The van der Waals surface area contributed by atoms with Crippen LogP contribution in [0.15, 0.2) is 24.3 Å². The summed E-state index contributed by atoms with van der Waals surface area (Å²) in [6.07, 6.45) is 7.27. The molecule has 0 amide bonds. The van der Waals surface area contributed by atoms with Gasteiger partial charge in [-0.05, 0) is 49.7 Å². The van der Waals surface area contributed by atoms with E-state index in [1.54, 1.807) is 6.92 Å². The zero-order chi connectivity index (χ0) is 16.2. The number of carbonyl (C=O) groups is 2. The Morgan fingerprint density at radius 2 is 1.96 bits per heavy atom. The molecule has 0 aromatic heterocycles. The summed E-state index contributed by atoms with van der Waals surface area (Å²) in [5, 5.41) is 0. The SMILES string of the molecule is CCOC(=O)[C@H]1C[C@@H]1C(=O)CCc1cccc(C2CCCC2)c1. The smallest absolute Gasteiger partial charge is 0.309 e. The van der Waals surface area contributed by atoms with Crippen molar-refractivity contribution < 1.29 is 14.3 Å². The molecule has 1 aromatic rings. The van der Waals surface area contributed by atoms with Crippen LogP contribution in [-0.2, 0) is 20.7 Å². The Morgan fingerprint density at radius 1 is 1.17 bits per heavy atom. The Balaban J connectivity index is 1.50. The summed E-state index contributed by atoms with van der Waals surface area (Å²) in [5.74, 6) is 0.463. The second kappa shape index (κ2) is 7.29. The predicted octanol–water partition coefficient (Wildman–Crippen LogP) is 4.05. The number of esters is 1. The zero-order valence-electron chi connectivity index (χ0n) is 13.9. The summed E-state index contributed by atoms with van der Waals surface area (Å²) in [6.45, 7) is 2.19. The number of ketones is 1. The lowest BCUT2D eigenvalue weighted by molar-refractivity contribution is -0.145. The van der Waals surface area contributed by atoms with E-state index in [4.69, 9.17) is 4.74 Å². The Morgan fingerprint density at radius 3 is 2.70 bits per heavy atom. The van der Waals surface area contributed by atoms with Gasteiger partial charge in [0.1, 0.15) is 5.78 Å². The lowest BCUT2D eigenvalue weighted by Gasteiger charge is -2.11. The van der Waals surface area contributed by atoms with E-state index in [9.17, 15) is 9.59 Å². The van der Waals surface area contributed by atoms with Crippen LogP contribution in [0.4, 0.5) is 0 Å². The van der Waals surface area contributed by atoms with E-state index in [1.165, 1.54) is 36.8 Å². The molecule has 0 saturated heterocycles. The maximum Gasteiger partial charge on any atom is 0.309 e. The summed E-state index contributed by atoms with van der Waals surface area (Å²) in [6, 6.07) is 8.73. The molecule has 0 radical (unpaired) electrons. The number of Topliss-reactive ketones (excluding diaryl/α,β-unsaturated/α-hetero) is 1. The second-order valence-electron chi connectivity index (χ2n) is 6.89. The first-order valence-electron chi connectivity index (χ1n) is 8.97. The van der Waals surface area contributed by atoms with Gasteiger partial charge in [-0.2, -0.15) is 0 Å². The molecular weight excluding hydrogens is 288 g/mol. The number of benzene rings is 1. The minimum Gasteiger partial charge on any atom is -0.466 e. The third-order valence-corrected chi connectivity index (χ3v) is 5.23. The van der Waals surface area contributed by atoms with Crippen molar-refractivity contribution in [3.05, 3.63) is 35.4 Å². The van der Waals surface area contributed by atoms with Gasteiger partial charge in [0.05, 0.1) is 12.5 Å². The first-order valence-corrected chi connectivity index (χ1v) is 8.97. The van der Waals surface area contributed by atoms with Crippen molar-refractivity contribution in [1.29, 1.82) is 0 Å². The van der Waals surface area contributed by atoms with E-state index in [-0.39, 0.29) is 23.6 Å². The lowest BCUT2D eigenvalue weighted by atomic mass is 9.94. The molecule has 124 valence electrons. The molecule has 0 spiro atoms. The van der Waals surface area contributed by atoms with Crippen LogP contribution in [0.25, 0.3) is 0 Å². The van der Waals surface area contributed by atoms with Gasteiger partial charge in [-0.3, -0.25) is 9.59 Å². The molecule has 0 N–H and O–H groups in total. The molecule has 2 fully saturated rings. The highest BCUT2D eigenvalue weighted by Crippen LogP contribution is 2.41. The molecule has 2 aliphatic rings. The third-order valence-electron chi connectivity index (χ3n) is 5.23. The minimum atomic E-state index is -0.200. The zero-order valence-corrected chi connectivity index (χ0v) is 13.9. The van der Waals surface area contributed by atoms with Gasteiger partial charge in [-0.15, -0.1) is 0 Å². The number of rotatable bonds is 7. The van der Waals surface area contributed by atoms with Gasteiger partial charge in [0, 0.05) is 12.3 Å². The van der Waals surface area contributed by atoms with E-state index >= 15 is 0 Å². The minimum absolute atomic E-state index is 0.0907. The molecule has 2 saturated carbocycles. The van der Waals surface area contributed by atoms with Gasteiger partial charge in [-0.1, -0.05) is 37.1 Å². The van der Waals surface area contributed by atoms with Crippen molar-refractivity contribution in [1.82, 2.24) is 0 Å². The number of aryl methyl sites for hydroxylation is 1. The third kappa shape index (κ3) is 4.01. The maximum absolute atomic E-state index is 12.2. The van der Waals surface area contributed by atoms with E-state index in [1.807, 2.05) is 0 Å². The Hall–Kier alpha value is -1.64. The van der Waals surface area contributed by atoms with Crippen LogP contribution in [0.2, 0.25) is 0 Å². The molecule has 0 heterocycles. The van der Waals surface area contributed by atoms with Gasteiger partial charge in [0.2, 0.25) is 0 Å². The van der Waals surface area contributed by atoms with Crippen LogP contribution in [0, 0.1) is 11.8 Å². The van der Waals surface area contributed by atoms with Gasteiger partial charge < -0.3 is 4.74 Å².